The van der Waals surface area contributed by atoms with Gasteiger partial charge < -0.3 is 24.6 Å². The Morgan fingerprint density at radius 2 is 1.88 bits per heavy atom. The molecule has 136 valence electrons. The van der Waals surface area contributed by atoms with Crippen LogP contribution in [-0.2, 0) is 5.41 Å². The Labute approximate surface area is 152 Å². The summed E-state index contributed by atoms with van der Waals surface area (Å²) in [6.07, 6.45) is -0.0918. The molecule has 0 aromatic heterocycles. The Morgan fingerprint density at radius 3 is 2.69 bits per heavy atom. The third kappa shape index (κ3) is 2.12. The molecular weight excluding hydrogens is 332 g/mol. The second-order valence-corrected chi connectivity index (χ2v) is 7.13. The van der Waals surface area contributed by atoms with Gasteiger partial charge in [0.1, 0.15) is 25.6 Å². The van der Waals surface area contributed by atoms with Gasteiger partial charge in [-0.3, -0.25) is 5.32 Å². The lowest BCUT2D eigenvalue weighted by molar-refractivity contribution is 0.171. The van der Waals surface area contributed by atoms with Crippen LogP contribution in [0, 0.1) is 0 Å². The Morgan fingerprint density at radius 1 is 1.12 bits per heavy atom. The van der Waals surface area contributed by atoms with E-state index in [9.17, 15) is 5.11 Å². The Bertz CT molecular complexity index is 856. The van der Waals surface area contributed by atoms with Gasteiger partial charge in [0.15, 0.2) is 11.5 Å². The number of para-hydroxylation sites is 1. The zero-order valence-corrected chi connectivity index (χ0v) is 14.6. The smallest absolute Gasteiger partial charge is 0.165 e. The highest BCUT2D eigenvalue weighted by Crippen LogP contribution is 2.54. The molecule has 5 rings (SSSR count). The summed E-state index contributed by atoms with van der Waals surface area (Å²) in [4.78, 5) is 0. The van der Waals surface area contributed by atoms with Crippen LogP contribution in [0.25, 0.3) is 0 Å². The van der Waals surface area contributed by atoms with Gasteiger partial charge in [-0.05, 0) is 24.6 Å². The van der Waals surface area contributed by atoms with E-state index < -0.39 is 0 Å². The van der Waals surface area contributed by atoms with E-state index in [-0.39, 0.29) is 24.2 Å². The summed E-state index contributed by atoms with van der Waals surface area (Å²) in [5.41, 5.74) is 2.98. The van der Waals surface area contributed by atoms with Crippen molar-refractivity contribution in [2.45, 2.75) is 24.5 Å². The van der Waals surface area contributed by atoms with Crippen LogP contribution in [0.5, 0.6) is 17.2 Å². The summed E-state index contributed by atoms with van der Waals surface area (Å²) < 4.78 is 17.7. The van der Waals surface area contributed by atoms with Gasteiger partial charge >= 0.3 is 0 Å². The van der Waals surface area contributed by atoms with E-state index in [2.05, 4.69) is 34.9 Å². The number of hydrogen-bond donors (Lipinski definition) is 3. The van der Waals surface area contributed by atoms with Crippen molar-refractivity contribution in [2.24, 2.45) is 0 Å². The Balaban J connectivity index is 1.67. The van der Waals surface area contributed by atoms with E-state index in [0.29, 0.717) is 19.8 Å². The Kier molecular flexibility index (Phi) is 3.52. The first-order chi connectivity index (χ1) is 12.7. The fourth-order valence-corrected chi connectivity index (χ4v) is 4.22. The van der Waals surface area contributed by atoms with Crippen LogP contribution in [-0.4, -0.2) is 43.7 Å². The van der Waals surface area contributed by atoms with Crippen molar-refractivity contribution in [3.8, 4) is 17.2 Å². The predicted octanol–water partition coefficient (Wildman–Crippen LogP) is 1.86. The molecule has 0 fully saturated rings. The summed E-state index contributed by atoms with van der Waals surface area (Å²) in [5.74, 6) is 2.33. The summed E-state index contributed by atoms with van der Waals surface area (Å²) in [6.45, 7) is 3.67. The largest absolute Gasteiger partial charge is 0.492 e. The second kappa shape index (κ2) is 5.79. The number of ether oxygens (including phenoxy) is 3. The minimum Gasteiger partial charge on any atom is -0.492 e. The van der Waals surface area contributed by atoms with Crippen LogP contribution in [0.15, 0.2) is 36.4 Å². The SMILES string of the molecule is CC(CO)NC1Nc2ccccc2C12COc1cc3c(cc12)OCCO3. The molecule has 26 heavy (non-hydrogen) atoms. The fourth-order valence-electron chi connectivity index (χ4n) is 4.22. The van der Waals surface area contributed by atoms with E-state index >= 15 is 0 Å². The number of hydrogen-bond acceptors (Lipinski definition) is 6. The number of aliphatic hydroxyl groups excluding tert-OH is 1. The third-order valence-corrected chi connectivity index (χ3v) is 5.51. The minimum absolute atomic E-state index is 0.0417. The van der Waals surface area contributed by atoms with Crippen LogP contribution < -0.4 is 24.8 Å². The molecule has 0 radical (unpaired) electrons. The first-order valence-corrected chi connectivity index (χ1v) is 9.02. The number of rotatable bonds is 3. The topological polar surface area (TPSA) is 72.0 Å². The van der Waals surface area contributed by atoms with Crippen molar-refractivity contribution in [3.05, 3.63) is 47.5 Å². The van der Waals surface area contributed by atoms with Crippen molar-refractivity contribution in [1.82, 2.24) is 5.32 Å². The lowest BCUT2D eigenvalue weighted by Crippen LogP contribution is -2.54. The lowest BCUT2D eigenvalue weighted by atomic mass is 9.75. The van der Waals surface area contributed by atoms with Crippen molar-refractivity contribution < 1.29 is 19.3 Å². The van der Waals surface area contributed by atoms with Gasteiger partial charge in [-0.2, -0.15) is 0 Å². The molecule has 3 atom stereocenters. The summed E-state index contributed by atoms with van der Waals surface area (Å²) in [5, 5.41) is 16.6. The number of anilines is 1. The Hall–Kier alpha value is -2.44. The van der Waals surface area contributed by atoms with Crippen LogP contribution in [0.3, 0.4) is 0 Å². The lowest BCUT2D eigenvalue weighted by Gasteiger charge is -2.33. The van der Waals surface area contributed by atoms with E-state index in [1.54, 1.807) is 0 Å². The van der Waals surface area contributed by atoms with Crippen molar-refractivity contribution >= 4 is 5.69 Å². The number of benzene rings is 2. The third-order valence-electron chi connectivity index (χ3n) is 5.51. The van der Waals surface area contributed by atoms with E-state index in [1.807, 2.05) is 19.1 Å². The van der Waals surface area contributed by atoms with Gasteiger partial charge in [0.2, 0.25) is 0 Å². The van der Waals surface area contributed by atoms with E-state index in [1.165, 1.54) is 5.56 Å². The molecule has 3 N–H and O–H groups in total. The molecule has 2 aromatic rings. The summed E-state index contributed by atoms with van der Waals surface area (Å²) in [6, 6.07) is 12.3. The van der Waals surface area contributed by atoms with Crippen molar-refractivity contribution in [3.63, 3.8) is 0 Å². The van der Waals surface area contributed by atoms with Gasteiger partial charge in [0, 0.05) is 23.4 Å². The van der Waals surface area contributed by atoms with Crippen LogP contribution in [0.1, 0.15) is 18.1 Å². The van der Waals surface area contributed by atoms with Crippen LogP contribution in [0.2, 0.25) is 0 Å². The monoisotopic (exact) mass is 354 g/mol. The quantitative estimate of drug-likeness (QED) is 0.782. The molecule has 0 bridgehead atoms. The fraction of sp³-hybridized carbons (Fsp3) is 0.400. The average Bonchev–Trinajstić information content (AvgIpc) is 3.20. The van der Waals surface area contributed by atoms with Crippen molar-refractivity contribution in [1.29, 1.82) is 0 Å². The van der Waals surface area contributed by atoms with Crippen molar-refractivity contribution in [2.75, 3.05) is 31.7 Å². The summed E-state index contributed by atoms with van der Waals surface area (Å²) in [7, 11) is 0. The molecule has 3 aliphatic heterocycles. The first-order valence-electron chi connectivity index (χ1n) is 9.02. The van der Waals surface area contributed by atoms with Gasteiger partial charge in [0.05, 0.1) is 18.2 Å². The zero-order chi connectivity index (χ0) is 17.7. The average molecular weight is 354 g/mol. The highest BCUT2D eigenvalue weighted by Gasteiger charge is 2.54. The zero-order valence-electron chi connectivity index (χ0n) is 14.6. The molecule has 0 amide bonds. The molecule has 3 unspecified atom stereocenters. The number of fused-ring (bicyclic) bond motifs is 5. The molecule has 0 aliphatic carbocycles. The number of aliphatic hydroxyl groups is 1. The van der Waals surface area contributed by atoms with Gasteiger partial charge in [-0.25, -0.2) is 0 Å². The molecule has 3 aliphatic rings. The predicted molar refractivity (Wildman–Crippen MR) is 97.2 cm³/mol. The molecule has 6 heteroatoms. The summed E-state index contributed by atoms with van der Waals surface area (Å²) >= 11 is 0. The normalized spacial score (nSPS) is 26.0. The van der Waals surface area contributed by atoms with E-state index in [4.69, 9.17) is 14.2 Å². The van der Waals surface area contributed by atoms with E-state index in [0.717, 1.165) is 28.5 Å². The molecular formula is C20H22N2O4. The minimum atomic E-state index is -0.384. The molecule has 6 nitrogen and oxygen atoms in total. The van der Waals surface area contributed by atoms with Gasteiger partial charge in [-0.1, -0.05) is 18.2 Å². The van der Waals surface area contributed by atoms with Gasteiger partial charge in [-0.15, -0.1) is 0 Å². The molecule has 0 saturated carbocycles. The number of nitrogens with one attached hydrogen (secondary N) is 2. The maximum Gasteiger partial charge on any atom is 0.165 e. The first kappa shape index (κ1) is 15.8. The standard InChI is InChI=1S/C20H22N2O4/c1-12(10-23)21-19-20(13-4-2-3-5-15(13)22-19)11-26-16-9-18-17(8-14(16)20)24-6-7-25-18/h2-5,8-9,12,19,21-23H,6-7,10-11H2,1H3. The molecule has 1 spiro atoms. The molecule has 0 saturated heterocycles. The van der Waals surface area contributed by atoms with Crippen LogP contribution in [0.4, 0.5) is 5.69 Å². The highest BCUT2D eigenvalue weighted by atomic mass is 16.6. The maximum absolute atomic E-state index is 9.54. The second-order valence-electron chi connectivity index (χ2n) is 7.13. The molecule has 3 heterocycles. The van der Waals surface area contributed by atoms with Gasteiger partial charge in [0.25, 0.3) is 0 Å². The maximum atomic E-state index is 9.54. The highest BCUT2D eigenvalue weighted by molar-refractivity contribution is 5.70. The molecule has 2 aromatic carbocycles. The van der Waals surface area contributed by atoms with Crippen LogP contribution >= 0.6 is 0 Å².